The molecule has 1 aliphatic carbocycles. The van der Waals surface area contributed by atoms with Crippen molar-refractivity contribution in [2.24, 2.45) is 5.92 Å². The molecule has 1 aliphatic rings. The monoisotopic (exact) mass is 248 g/mol. The Labute approximate surface area is 105 Å². The zero-order valence-electron chi connectivity index (χ0n) is 10.1. The minimum absolute atomic E-state index is 0.0567. The van der Waals surface area contributed by atoms with Gasteiger partial charge in [0.2, 0.25) is 0 Å². The predicted octanol–water partition coefficient (Wildman–Crippen LogP) is 0.884. The number of carbonyl (C=O) groups excluding carboxylic acids is 2. The van der Waals surface area contributed by atoms with E-state index in [1.54, 1.807) is 6.07 Å². The molecule has 96 valence electrons. The van der Waals surface area contributed by atoms with E-state index < -0.39 is 0 Å². The number of aliphatic hydroxyl groups excluding tert-OH is 1. The Bertz CT molecular complexity index is 490. The Morgan fingerprint density at radius 1 is 1.50 bits per heavy atom. The molecule has 1 aromatic heterocycles. The van der Waals surface area contributed by atoms with Gasteiger partial charge < -0.3 is 15.4 Å². The van der Waals surface area contributed by atoms with Crippen LogP contribution in [0.5, 0.6) is 0 Å². The molecule has 18 heavy (non-hydrogen) atoms. The van der Waals surface area contributed by atoms with Crippen LogP contribution in [0.15, 0.2) is 24.4 Å². The molecule has 5 nitrogen and oxygen atoms in total. The van der Waals surface area contributed by atoms with Crippen molar-refractivity contribution in [3.05, 3.63) is 35.7 Å². The third-order valence-electron chi connectivity index (χ3n) is 3.06. The van der Waals surface area contributed by atoms with E-state index in [9.17, 15) is 9.59 Å². The summed E-state index contributed by atoms with van der Waals surface area (Å²) in [5.74, 6) is -0.200. The number of aromatic amines is 1. The van der Waals surface area contributed by atoms with Crippen LogP contribution >= 0.6 is 0 Å². The van der Waals surface area contributed by atoms with Crippen molar-refractivity contribution in [2.75, 3.05) is 6.61 Å². The summed E-state index contributed by atoms with van der Waals surface area (Å²) in [6.45, 7) is 1.55. The van der Waals surface area contributed by atoms with Crippen LogP contribution in [0.3, 0.4) is 0 Å². The maximum atomic E-state index is 11.9. The van der Waals surface area contributed by atoms with Gasteiger partial charge in [0.25, 0.3) is 5.91 Å². The number of Topliss-reactive ketones (excluding diaryl/α,β-unsaturated/α-hetero) is 1. The Morgan fingerprint density at radius 2 is 2.28 bits per heavy atom. The number of ketones is 1. The maximum Gasteiger partial charge on any atom is 0.268 e. The quantitative estimate of drug-likeness (QED) is 0.546. The SMILES string of the molecule is CC(=O)c1c[nH]c(C(=O)N[C@@H]2C=C[C@H](CO)C2)c1. The molecule has 1 aromatic rings. The molecular weight excluding hydrogens is 232 g/mol. The number of amides is 1. The van der Waals surface area contributed by atoms with E-state index in [-0.39, 0.29) is 30.3 Å². The molecule has 2 rings (SSSR count). The van der Waals surface area contributed by atoms with Crippen molar-refractivity contribution >= 4 is 11.7 Å². The second-order valence-electron chi connectivity index (χ2n) is 4.50. The number of rotatable bonds is 4. The fourth-order valence-corrected chi connectivity index (χ4v) is 1.99. The van der Waals surface area contributed by atoms with E-state index in [2.05, 4.69) is 10.3 Å². The minimum Gasteiger partial charge on any atom is -0.396 e. The van der Waals surface area contributed by atoms with E-state index in [4.69, 9.17) is 5.11 Å². The molecule has 0 saturated heterocycles. The first-order valence-electron chi connectivity index (χ1n) is 5.89. The van der Waals surface area contributed by atoms with Gasteiger partial charge in [0.15, 0.2) is 5.78 Å². The fraction of sp³-hybridized carbons (Fsp3) is 0.385. The lowest BCUT2D eigenvalue weighted by atomic mass is 10.1. The number of aromatic nitrogens is 1. The average Bonchev–Trinajstić information content (AvgIpc) is 2.97. The van der Waals surface area contributed by atoms with Crippen molar-refractivity contribution in [3.8, 4) is 0 Å². The van der Waals surface area contributed by atoms with Crippen LogP contribution < -0.4 is 5.32 Å². The lowest BCUT2D eigenvalue weighted by Crippen LogP contribution is -2.33. The predicted molar refractivity (Wildman–Crippen MR) is 66.4 cm³/mol. The first-order valence-corrected chi connectivity index (χ1v) is 5.89. The third-order valence-corrected chi connectivity index (χ3v) is 3.06. The largest absolute Gasteiger partial charge is 0.396 e. The molecule has 0 radical (unpaired) electrons. The molecular formula is C13H16N2O3. The highest BCUT2D eigenvalue weighted by atomic mass is 16.3. The normalized spacial score (nSPS) is 22.1. The second kappa shape index (κ2) is 5.18. The Morgan fingerprint density at radius 3 is 2.83 bits per heavy atom. The summed E-state index contributed by atoms with van der Waals surface area (Å²) in [6.07, 6.45) is 6.02. The third kappa shape index (κ3) is 2.68. The van der Waals surface area contributed by atoms with E-state index in [0.29, 0.717) is 17.7 Å². The lowest BCUT2D eigenvalue weighted by molar-refractivity contribution is 0.0936. The summed E-state index contributed by atoms with van der Waals surface area (Å²) in [4.78, 5) is 25.8. The van der Waals surface area contributed by atoms with E-state index in [0.717, 1.165) is 0 Å². The van der Waals surface area contributed by atoms with Crippen LogP contribution in [-0.4, -0.2) is 34.4 Å². The summed E-state index contributed by atoms with van der Waals surface area (Å²) in [7, 11) is 0. The molecule has 0 saturated carbocycles. The number of aliphatic hydroxyl groups is 1. The average molecular weight is 248 g/mol. The minimum atomic E-state index is -0.240. The van der Waals surface area contributed by atoms with Crippen molar-refractivity contribution in [2.45, 2.75) is 19.4 Å². The van der Waals surface area contributed by atoms with Crippen LogP contribution in [0.1, 0.15) is 34.2 Å². The van der Waals surface area contributed by atoms with E-state index in [1.165, 1.54) is 13.1 Å². The standard InChI is InChI=1S/C13H16N2O3/c1-8(17)10-5-12(14-6-10)13(18)15-11-3-2-9(4-11)7-16/h2-3,5-6,9,11,14,16H,4,7H2,1H3,(H,15,18)/t9-,11+/m0/s1. The molecule has 1 amide bonds. The number of hydrogen-bond acceptors (Lipinski definition) is 3. The van der Waals surface area contributed by atoms with Crippen LogP contribution in [0.2, 0.25) is 0 Å². The molecule has 0 aliphatic heterocycles. The molecule has 0 unspecified atom stereocenters. The Kier molecular flexibility index (Phi) is 3.62. The lowest BCUT2D eigenvalue weighted by Gasteiger charge is -2.11. The summed E-state index contributed by atoms with van der Waals surface area (Å²) in [6, 6.07) is 1.48. The van der Waals surface area contributed by atoms with Crippen molar-refractivity contribution < 1.29 is 14.7 Å². The Balaban J connectivity index is 1.96. The molecule has 2 atom stereocenters. The second-order valence-corrected chi connectivity index (χ2v) is 4.50. The highest BCUT2D eigenvalue weighted by molar-refractivity contribution is 5.99. The molecule has 5 heteroatoms. The van der Waals surface area contributed by atoms with Gasteiger partial charge in [-0.3, -0.25) is 9.59 Å². The molecule has 1 heterocycles. The van der Waals surface area contributed by atoms with Crippen molar-refractivity contribution in [3.63, 3.8) is 0 Å². The van der Waals surface area contributed by atoms with E-state index >= 15 is 0 Å². The molecule has 0 spiro atoms. The van der Waals surface area contributed by atoms with E-state index in [1.807, 2.05) is 12.2 Å². The van der Waals surface area contributed by atoms with Gasteiger partial charge in [-0.25, -0.2) is 0 Å². The smallest absolute Gasteiger partial charge is 0.268 e. The van der Waals surface area contributed by atoms with Gasteiger partial charge in [0, 0.05) is 30.3 Å². The molecule has 0 fully saturated rings. The summed E-state index contributed by atoms with van der Waals surface area (Å²) in [5.41, 5.74) is 0.872. The number of hydrogen-bond donors (Lipinski definition) is 3. The van der Waals surface area contributed by atoms with Gasteiger partial charge in [0.1, 0.15) is 5.69 Å². The van der Waals surface area contributed by atoms with Crippen molar-refractivity contribution in [1.82, 2.24) is 10.3 Å². The van der Waals surface area contributed by atoms with Gasteiger partial charge in [-0.2, -0.15) is 0 Å². The number of carbonyl (C=O) groups is 2. The maximum absolute atomic E-state index is 11.9. The topological polar surface area (TPSA) is 82.2 Å². The van der Waals surface area contributed by atoms with Crippen LogP contribution in [0.4, 0.5) is 0 Å². The zero-order valence-corrected chi connectivity index (χ0v) is 10.1. The van der Waals surface area contributed by atoms with Crippen LogP contribution in [-0.2, 0) is 0 Å². The summed E-state index contributed by atoms with van der Waals surface area (Å²) >= 11 is 0. The first kappa shape index (κ1) is 12.6. The highest BCUT2D eigenvalue weighted by Gasteiger charge is 2.21. The zero-order chi connectivity index (χ0) is 13.1. The van der Waals surface area contributed by atoms with Gasteiger partial charge >= 0.3 is 0 Å². The van der Waals surface area contributed by atoms with Crippen LogP contribution in [0, 0.1) is 5.92 Å². The summed E-state index contributed by atoms with van der Waals surface area (Å²) < 4.78 is 0. The first-order chi connectivity index (χ1) is 8.60. The molecule has 0 bridgehead atoms. The fourth-order valence-electron chi connectivity index (χ4n) is 1.99. The molecule has 3 N–H and O–H groups in total. The van der Waals surface area contributed by atoms with Crippen molar-refractivity contribution in [1.29, 1.82) is 0 Å². The summed E-state index contributed by atoms with van der Waals surface area (Å²) in [5, 5.41) is 11.8. The van der Waals surface area contributed by atoms with Gasteiger partial charge in [-0.15, -0.1) is 0 Å². The number of H-pyrrole nitrogens is 1. The van der Waals surface area contributed by atoms with Crippen LogP contribution in [0.25, 0.3) is 0 Å². The van der Waals surface area contributed by atoms with Gasteiger partial charge in [0.05, 0.1) is 0 Å². The highest BCUT2D eigenvalue weighted by Crippen LogP contribution is 2.17. The number of nitrogens with one attached hydrogen (secondary N) is 2. The molecule has 0 aromatic carbocycles. The Hall–Kier alpha value is -1.88. The van der Waals surface area contributed by atoms with Gasteiger partial charge in [-0.05, 0) is 19.4 Å². The van der Waals surface area contributed by atoms with Gasteiger partial charge in [-0.1, -0.05) is 12.2 Å².